The first-order chi connectivity index (χ1) is 9.29. The number of hydrogen-bond acceptors (Lipinski definition) is 4. The van der Waals surface area contributed by atoms with Crippen LogP contribution in [0.15, 0.2) is 0 Å². The summed E-state index contributed by atoms with van der Waals surface area (Å²) in [6.07, 6.45) is 1.98. The molecule has 4 nitrogen and oxygen atoms in total. The van der Waals surface area contributed by atoms with Crippen molar-refractivity contribution in [3.05, 3.63) is 0 Å². The summed E-state index contributed by atoms with van der Waals surface area (Å²) in [5, 5.41) is 0. The van der Waals surface area contributed by atoms with Crippen LogP contribution in [-0.4, -0.2) is 37.0 Å². The summed E-state index contributed by atoms with van der Waals surface area (Å²) >= 11 is 0. The van der Waals surface area contributed by atoms with E-state index in [4.69, 9.17) is 0 Å². The lowest BCUT2D eigenvalue weighted by Gasteiger charge is -2.42. The van der Waals surface area contributed by atoms with E-state index in [1.807, 2.05) is 0 Å². The molecule has 0 spiro atoms. The van der Waals surface area contributed by atoms with Gasteiger partial charge in [0.2, 0.25) is 0 Å². The van der Waals surface area contributed by atoms with E-state index >= 15 is 0 Å². The van der Waals surface area contributed by atoms with Crippen molar-refractivity contribution in [2.75, 3.05) is 17.3 Å². The van der Waals surface area contributed by atoms with Gasteiger partial charge in [0.05, 0.1) is 5.75 Å². The molecule has 1 aliphatic heterocycles. The third-order valence-corrected chi connectivity index (χ3v) is 8.57. The average Bonchev–Trinajstić information content (AvgIpc) is 2.26. The lowest BCUT2D eigenvalue weighted by molar-refractivity contribution is -0.123. The van der Waals surface area contributed by atoms with Gasteiger partial charge in [-0.1, -0.05) is 27.2 Å². The summed E-state index contributed by atoms with van der Waals surface area (Å²) in [6.45, 7) is 4.97. The van der Waals surface area contributed by atoms with E-state index in [1.54, 1.807) is 20.8 Å². The number of Topliss-reactive ketones (excluding diaryl/α,β-unsaturated/α-hetero) is 1. The molecule has 0 radical (unpaired) electrons. The van der Waals surface area contributed by atoms with E-state index < -0.39 is 31.4 Å². The summed E-state index contributed by atoms with van der Waals surface area (Å²) in [4.78, 5) is 12.1. The quantitative estimate of drug-likeness (QED) is 0.730. The molecule has 126 valence electrons. The minimum atomic E-state index is -5.66. The van der Waals surface area contributed by atoms with Crippen molar-refractivity contribution in [2.24, 2.45) is 5.41 Å². The number of carbonyl (C=O) groups is 1. The standard InChI is InChI=1S/C12H21F3O4S2/c1-11(2,3)10(16)9-20(7-5-4-6-8-20)19-21(17,18)12(13,14)15/h4-9H2,1-3H3. The molecule has 0 aliphatic carbocycles. The van der Waals surface area contributed by atoms with Crippen LogP contribution >= 0.6 is 10.3 Å². The molecule has 0 aromatic heterocycles. The van der Waals surface area contributed by atoms with Crippen LogP contribution in [0.25, 0.3) is 0 Å². The lowest BCUT2D eigenvalue weighted by atomic mass is 9.92. The molecule has 1 heterocycles. The largest absolute Gasteiger partial charge is 0.523 e. The van der Waals surface area contributed by atoms with Gasteiger partial charge in [0, 0.05) is 16.9 Å². The van der Waals surface area contributed by atoms with Gasteiger partial charge >= 0.3 is 15.6 Å². The van der Waals surface area contributed by atoms with Crippen LogP contribution in [0.4, 0.5) is 13.2 Å². The molecule has 1 rings (SSSR count). The molecular formula is C12H21F3O4S2. The Morgan fingerprint density at radius 2 is 1.57 bits per heavy atom. The second kappa shape index (κ2) is 6.08. The number of ketones is 1. The summed E-state index contributed by atoms with van der Waals surface area (Å²) in [5.41, 5.74) is -6.18. The first kappa shape index (κ1) is 18.8. The van der Waals surface area contributed by atoms with Gasteiger partial charge in [-0.3, -0.25) is 4.79 Å². The molecule has 0 aromatic rings. The van der Waals surface area contributed by atoms with Gasteiger partial charge in [0.15, 0.2) is 0 Å². The molecule has 0 unspecified atom stereocenters. The Kier molecular flexibility index (Phi) is 5.43. The predicted molar refractivity (Wildman–Crippen MR) is 76.6 cm³/mol. The molecule has 0 amide bonds. The smallest absolute Gasteiger partial charge is 0.298 e. The highest BCUT2D eigenvalue weighted by Crippen LogP contribution is 2.56. The maximum absolute atomic E-state index is 12.5. The van der Waals surface area contributed by atoms with Crippen LogP contribution < -0.4 is 0 Å². The Morgan fingerprint density at radius 1 is 1.10 bits per heavy atom. The van der Waals surface area contributed by atoms with Gasteiger partial charge < -0.3 is 0 Å². The zero-order chi connectivity index (χ0) is 16.5. The average molecular weight is 350 g/mol. The van der Waals surface area contributed by atoms with Crippen LogP contribution in [0.5, 0.6) is 0 Å². The summed E-state index contributed by atoms with van der Waals surface area (Å²) in [5.74, 6) is -0.0446. The molecule has 0 aromatic carbocycles. The van der Waals surface area contributed by atoms with Crippen LogP contribution in [0.1, 0.15) is 40.0 Å². The minimum absolute atomic E-state index is 0.226. The number of halogens is 3. The van der Waals surface area contributed by atoms with Crippen molar-refractivity contribution in [1.29, 1.82) is 0 Å². The zero-order valence-corrected chi connectivity index (χ0v) is 14.0. The Hall–Kier alpha value is -0.280. The molecule has 0 atom stereocenters. The fourth-order valence-corrected chi connectivity index (χ4v) is 7.36. The molecule has 0 N–H and O–H groups in total. The van der Waals surface area contributed by atoms with Crippen molar-refractivity contribution < 1.29 is 30.0 Å². The lowest BCUT2D eigenvalue weighted by Crippen LogP contribution is -2.35. The van der Waals surface area contributed by atoms with E-state index in [0.29, 0.717) is 12.8 Å². The summed E-state index contributed by atoms with van der Waals surface area (Å²) in [7, 11) is -8.24. The topological polar surface area (TPSA) is 60.4 Å². The van der Waals surface area contributed by atoms with Crippen molar-refractivity contribution >= 4 is 26.2 Å². The highest BCUT2D eigenvalue weighted by atomic mass is 32.3. The van der Waals surface area contributed by atoms with Crippen LogP contribution in [-0.2, 0) is 18.5 Å². The van der Waals surface area contributed by atoms with Gasteiger partial charge in [0.25, 0.3) is 0 Å². The first-order valence-corrected chi connectivity index (χ1v) is 10.1. The molecule has 0 bridgehead atoms. The van der Waals surface area contributed by atoms with Crippen LogP contribution in [0, 0.1) is 5.41 Å². The number of hydrogen-bond donors (Lipinski definition) is 0. The molecule has 1 saturated heterocycles. The molecule has 1 fully saturated rings. The fraction of sp³-hybridized carbons (Fsp3) is 0.917. The third kappa shape index (κ3) is 4.85. The first-order valence-electron chi connectivity index (χ1n) is 6.61. The third-order valence-electron chi connectivity index (χ3n) is 3.28. The van der Waals surface area contributed by atoms with Crippen LogP contribution in [0.2, 0.25) is 0 Å². The van der Waals surface area contributed by atoms with E-state index in [9.17, 15) is 26.4 Å². The molecule has 9 heteroatoms. The Balaban J connectivity index is 3.03. The maximum Gasteiger partial charge on any atom is 0.523 e. The highest BCUT2D eigenvalue weighted by Gasteiger charge is 2.51. The molecule has 1 aliphatic rings. The monoisotopic (exact) mass is 350 g/mol. The van der Waals surface area contributed by atoms with Gasteiger partial charge in [-0.2, -0.15) is 21.6 Å². The highest BCUT2D eigenvalue weighted by molar-refractivity contribution is 8.33. The van der Waals surface area contributed by atoms with Crippen molar-refractivity contribution in [3.8, 4) is 0 Å². The predicted octanol–water partition coefficient (Wildman–Crippen LogP) is 3.37. The van der Waals surface area contributed by atoms with E-state index in [1.165, 1.54) is 0 Å². The van der Waals surface area contributed by atoms with Gasteiger partial charge in [-0.15, -0.1) is 10.3 Å². The number of carbonyl (C=O) groups excluding carboxylic acids is 1. The van der Waals surface area contributed by atoms with Crippen molar-refractivity contribution in [2.45, 2.75) is 45.5 Å². The van der Waals surface area contributed by atoms with Gasteiger partial charge in [-0.05, 0) is 12.8 Å². The minimum Gasteiger partial charge on any atom is -0.298 e. The van der Waals surface area contributed by atoms with Gasteiger partial charge in [-0.25, -0.2) is 3.63 Å². The fourth-order valence-electron chi connectivity index (χ4n) is 1.93. The van der Waals surface area contributed by atoms with E-state index in [0.717, 1.165) is 6.42 Å². The normalized spacial score (nSPS) is 21.8. The van der Waals surface area contributed by atoms with Gasteiger partial charge in [0.1, 0.15) is 5.78 Å². The van der Waals surface area contributed by atoms with Crippen molar-refractivity contribution in [3.63, 3.8) is 0 Å². The summed E-state index contributed by atoms with van der Waals surface area (Å²) in [6, 6.07) is 0. The van der Waals surface area contributed by atoms with E-state index in [-0.39, 0.29) is 23.0 Å². The van der Waals surface area contributed by atoms with E-state index in [2.05, 4.69) is 3.63 Å². The molecule has 0 saturated carbocycles. The Morgan fingerprint density at radius 3 is 1.95 bits per heavy atom. The maximum atomic E-state index is 12.5. The second-order valence-corrected chi connectivity index (χ2v) is 11.2. The number of rotatable bonds is 4. The Labute approximate surface area is 125 Å². The molecule has 21 heavy (non-hydrogen) atoms. The summed E-state index contributed by atoms with van der Waals surface area (Å²) < 4.78 is 64.9. The number of alkyl halides is 3. The SMILES string of the molecule is CC(C)(C)C(=O)CS1(OS(=O)(=O)C(F)(F)F)CCCCC1. The molecular weight excluding hydrogens is 329 g/mol. The van der Waals surface area contributed by atoms with Crippen LogP contribution in [0.3, 0.4) is 0 Å². The zero-order valence-electron chi connectivity index (χ0n) is 12.3. The Bertz CT molecular complexity index is 486. The van der Waals surface area contributed by atoms with Crippen molar-refractivity contribution in [1.82, 2.24) is 0 Å². The second-order valence-electron chi connectivity index (χ2n) is 6.22.